The molecule has 0 unspecified atom stereocenters. The van der Waals surface area contributed by atoms with Crippen molar-refractivity contribution in [3.63, 3.8) is 0 Å². The van der Waals surface area contributed by atoms with Gasteiger partial charge in [-0.05, 0) is 37.6 Å². The van der Waals surface area contributed by atoms with Gasteiger partial charge in [-0.3, -0.25) is 9.36 Å². The van der Waals surface area contributed by atoms with Gasteiger partial charge in [0.2, 0.25) is 5.91 Å². The van der Waals surface area contributed by atoms with E-state index in [4.69, 9.17) is 9.15 Å². The third-order valence-electron chi connectivity index (χ3n) is 3.66. The number of nitrogens with zero attached hydrogens (tertiary/aromatic N) is 1. The van der Waals surface area contributed by atoms with Gasteiger partial charge in [0.15, 0.2) is 5.76 Å². The van der Waals surface area contributed by atoms with E-state index in [0.717, 1.165) is 16.7 Å². The van der Waals surface area contributed by atoms with Crippen molar-refractivity contribution in [2.75, 3.05) is 6.61 Å². The van der Waals surface area contributed by atoms with Crippen LogP contribution in [0.4, 0.5) is 0 Å². The summed E-state index contributed by atoms with van der Waals surface area (Å²) < 4.78 is 12.1. The van der Waals surface area contributed by atoms with Gasteiger partial charge in [0.05, 0.1) is 18.6 Å². The lowest BCUT2D eigenvalue weighted by molar-refractivity contribution is 0.0520. The average Bonchev–Trinajstić information content (AvgIpc) is 3.25. The van der Waals surface area contributed by atoms with E-state index in [1.165, 1.54) is 11.5 Å². The molecule has 3 heterocycles. The van der Waals surface area contributed by atoms with Crippen LogP contribution in [0.1, 0.15) is 34.7 Å². The molecule has 3 aromatic heterocycles. The summed E-state index contributed by atoms with van der Waals surface area (Å²) in [5, 5.41) is 0. The van der Waals surface area contributed by atoms with Gasteiger partial charge in [-0.25, -0.2) is 4.79 Å². The average molecular weight is 326 g/mol. The molecule has 0 spiro atoms. The van der Waals surface area contributed by atoms with Gasteiger partial charge in [0.1, 0.15) is 5.69 Å². The summed E-state index contributed by atoms with van der Waals surface area (Å²) in [5.74, 6) is 0.102. The number of esters is 1. The van der Waals surface area contributed by atoms with E-state index in [-0.39, 0.29) is 5.91 Å². The Morgan fingerprint density at radius 2 is 2.12 bits per heavy atom. The van der Waals surface area contributed by atoms with E-state index >= 15 is 0 Å². The predicted octanol–water partition coefficient (Wildman–Crippen LogP) is 3.89. The zero-order valence-corrected chi connectivity index (χ0v) is 13.8. The van der Waals surface area contributed by atoms with E-state index < -0.39 is 5.97 Å². The predicted molar refractivity (Wildman–Crippen MR) is 88.9 cm³/mol. The number of furan rings is 1. The fraction of sp³-hybridized carbons (Fsp3) is 0.222. The number of carbonyl (C=O) groups excluding carboxylic acids is 2. The minimum absolute atomic E-state index is 0.0854. The minimum Gasteiger partial charge on any atom is -0.463 e. The summed E-state index contributed by atoms with van der Waals surface area (Å²) in [7, 11) is 0. The monoisotopic (exact) mass is 326 g/mol. The van der Waals surface area contributed by atoms with Gasteiger partial charge in [0.25, 0.3) is 0 Å². The van der Waals surface area contributed by atoms with Crippen molar-refractivity contribution < 1.29 is 18.7 Å². The number of carbonyl (C=O) groups is 2. The normalized spacial score (nSPS) is 10.8. The summed E-state index contributed by atoms with van der Waals surface area (Å²) in [4.78, 5) is 26.6. The van der Waals surface area contributed by atoms with Crippen LogP contribution in [-0.4, -0.2) is 28.0 Å². The van der Waals surface area contributed by atoms with Crippen molar-refractivity contribution in [2.45, 2.75) is 20.8 Å². The molecule has 0 atom stereocenters. The molecule has 0 saturated heterocycles. The number of aromatic nitrogens is 2. The van der Waals surface area contributed by atoms with E-state index in [2.05, 4.69) is 4.98 Å². The molecule has 0 aliphatic rings. The molecule has 3 aromatic rings. The fourth-order valence-electron chi connectivity index (χ4n) is 2.51. The maximum atomic E-state index is 12.0. The lowest BCUT2D eigenvalue weighted by Gasteiger charge is -1.99. The Hall–Kier alpha value is -3.02. The Kier molecular flexibility index (Phi) is 4.12. The molecule has 0 radical (unpaired) electrons. The molecular weight excluding hydrogens is 308 g/mol. The van der Waals surface area contributed by atoms with Crippen LogP contribution in [0.2, 0.25) is 0 Å². The van der Waals surface area contributed by atoms with Crippen LogP contribution in [-0.2, 0) is 4.74 Å². The third kappa shape index (κ3) is 2.90. The van der Waals surface area contributed by atoms with E-state index in [1.54, 1.807) is 31.6 Å². The zero-order chi connectivity index (χ0) is 17.3. The SMILES string of the molecule is CCOC(=O)c1cc(-c2ccn(C(C)=O)c2)c(-c2cc(C)co2)[nH]1. The Morgan fingerprint density at radius 3 is 2.71 bits per heavy atom. The van der Waals surface area contributed by atoms with Gasteiger partial charge >= 0.3 is 5.97 Å². The molecule has 0 aromatic carbocycles. The molecule has 24 heavy (non-hydrogen) atoms. The molecule has 3 rings (SSSR count). The molecule has 1 N–H and O–H groups in total. The molecule has 0 saturated carbocycles. The van der Waals surface area contributed by atoms with Gasteiger partial charge in [-0.15, -0.1) is 0 Å². The van der Waals surface area contributed by atoms with Gasteiger partial charge < -0.3 is 14.1 Å². The van der Waals surface area contributed by atoms with Crippen LogP contribution in [0.5, 0.6) is 0 Å². The lowest BCUT2D eigenvalue weighted by atomic mass is 10.1. The van der Waals surface area contributed by atoms with Crippen LogP contribution in [0.15, 0.2) is 41.3 Å². The minimum atomic E-state index is -0.431. The van der Waals surface area contributed by atoms with Crippen molar-refractivity contribution in [3.8, 4) is 22.6 Å². The summed E-state index contributed by atoms with van der Waals surface area (Å²) in [6, 6.07) is 5.41. The zero-order valence-electron chi connectivity index (χ0n) is 13.8. The Morgan fingerprint density at radius 1 is 1.33 bits per heavy atom. The first-order chi connectivity index (χ1) is 11.5. The Labute approximate surface area is 139 Å². The molecule has 0 aliphatic carbocycles. The van der Waals surface area contributed by atoms with Gasteiger partial charge in [-0.2, -0.15) is 0 Å². The van der Waals surface area contributed by atoms with Crippen LogP contribution >= 0.6 is 0 Å². The second-order valence-corrected chi connectivity index (χ2v) is 5.51. The highest BCUT2D eigenvalue weighted by Gasteiger charge is 2.20. The van der Waals surface area contributed by atoms with Crippen molar-refractivity contribution >= 4 is 11.9 Å². The lowest BCUT2D eigenvalue weighted by Crippen LogP contribution is -2.04. The number of hydrogen-bond acceptors (Lipinski definition) is 4. The van der Waals surface area contributed by atoms with Gasteiger partial charge in [0, 0.05) is 30.4 Å². The summed E-state index contributed by atoms with van der Waals surface area (Å²) in [5.41, 5.74) is 3.57. The smallest absolute Gasteiger partial charge is 0.354 e. The first-order valence-corrected chi connectivity index (χ1v) is 7.64. The van der Waals surface area contributed by atoms with Crippen LogP contribution in [0, 0.1) is 6.92 Å². The van der Waals surface area contributed by atoms with Crippen LogP contribution in [0.25, 0.3) is 22.6 Å². The number of rotatable bonds is 4. The Bertz CT molecular complexity index is 898. The van der Waals surface area contributed by atoms with Gasteiger partial charge in [-0.1, -0.05) is 0 Å². The van der Waals surface area contributed by atoms with Crippen molar-refractivity contribution in [1.82, 2.24) is 9.55 Å². The van der Waals surface area contributed by atoms with Crippen LogP contribution in [0.3, 0.4) is 0 Å². The fourth-order valence-corrected chi connectivity index (χ4v) is 2.51. The highest BCUT2D eigenvalue weighted by Crippen LogP contribution is 2.34. The summed E-state index contributed by atoms with van der Waals surface area (Å²) in [6.45, 7) is 5.46. The third-order valence-corrected chi connectivity index (χ3v) is 3.66. The van der Waals surface area contributed by atoms with E-state index in [9.17, 15) is 9.59 Å². The number of hydrogen-bond donors (Lipinski definition) is 1. The molecule has 6 heteroatoms. The maximum Gasteiger partial charge on any atom is 0.354 e. The number of aromatic amines is 1. The molecular formula is C18H18N2O4. The first kappa shape index (κ1) is 15.9. The molecule has 124 valence electrons. The number of H-pyrrole nitrogens is 1. The topological polar surface area (TPSA) is 77.2 Å². The largest absolute Gasteiger partial charge is 0.463 e. The summed E-state index contributed by atoms with van der Waals surface area (Å²) >= 11 is 0. The quantitative estimate of drug-likeness (QED) is 0.738. The van der Waals surface area contributed by atoms with Crippen molar-refractivity contribution in [3.05, 3.63) is 48.1 Å². The number of ether oxygens (including phenoxy) is 1. The molecule has 0 bridgehead atoms. The van der Waals surface area contributed by atoms with E-state index in [1.807, 2.05) is 19.1 Å². The maximum absolute atomic E-state index is 12.0. The molecule has 0 aliphatic heterocycles. The van der Waals surface area contributed by atoms with Crippen molar-refractivity contribution in [1.29, 1.82) is 0 Å². The standard InChI is InChI=1S/C18H18N2O4/c1-4-23-18(22)15-8-14(13-5-6-20(9-13)12(3)21)17(19-15)16-7-11(2)10-24-16/h5-10,19H,4H2,1-3H3. The Balaban J connectivity index is 2.11. The van der Waals surface area contributed by atoms with Crippen molar-refractivity contribution in [2.24, 2.45) is 0 Å². The van der Waals surface area contributed by atoms with Crippen LogP contribution < -0.4 is 0 Å². The second kappa shape index (κ2) is 6.23. The first-order valence-electron chi connectivity index (χ1n) is 7.64. The number of nitrogens with one attached hydrogen (secondary N) is 1. The highest BCUT2D eigenvalue weighted by atomic mass is 16.5. The molecule has 0 amide bonds. The summed E-state index contributed by atoms with van der Waals surface area (Å²) in [6.07, 6.45) is 5.05. The molecule has 0 fully saturated rings. The van der Waals surface area contributed by atoms with E-state index in [0.29, 0.717) is 23.8 Å². The second-order valence-electron chi connectivity index (χ2n) is 5.51. The molecule has 6 nitrogen and oxygen atoms in total. The highest BCUT2D eigenvalue weighted by molar-refractivity contribution is 5.93. The number of aryl methyl sites for hydroxylation is 1.